The summed E-state index contributed by atoms with van der Waals surface area (Å²) in [6.07, 6.45) is 3.02. The third-order valence-electron chi connectivity index (χ3n) is 8.56. The van der Waals surface area contributed by atoms with Gasteiger partial charge in [0, 0.05) is 60.0 Å². The van der Waals surface area contributed by atoms with Gasteiger partial charge >= 0.3 is 0 Å². The molecule has 1 radical (unpaired) electrons. The van der Waals surface area contributed by atoms with Crippen molar-refractivity contribution in [3.8, 4) is 44.8 Å². The molecule has 0 N–H and O–H groups in total. The Hall–Kier alpha value is -5.74. The summed E-state index contributed by atoms with van der Waals surface area (Å²) in [5, 5.41) is 3.30. The van der Waals surface area contributed by atoms with Gasteiger partial charge in [-0.05, 0) is 89.2 Å². The minimum Gasteiger partial charge on any atom is -0.486 e. The fourth-order valence-electron chi connectivity index (χ4n) is 6.03. The summed E-state index contributed by atoms with van der Waals surface area (Å²) in [4.78, 5) is 13.0. The van der Waals surface area contributed by atoms with Crippen LogP contribution in [0.1, 0.15) is 38.8 Å². The van der Waals surface area contributed by atoms with E-state index in [0.717, 1.165) is 32.8 Å². The van der Waals surface area contributed by atoms with Crippen LogP contribution in [0.3, 0.4) is 0 Å². The van der Waals surface area contributed by atoms with Gasteiger partial charge in [0.25, 0.3) is 0 Å². The molecule has 0 saturated heterocycles. The first kappa shape index (κ1) is 22.9. The van der Waals surface area contributed by atoms with E-state index in [-0.39, 0.29) is 42.6 Å². The van der Waals surface area contributed by atoms with Crippen LogP contribution in [0.25, 0.3) is 77.6 Å². The summed E-state index contributed by atoms with van der Waals surface area (Å²) in [7, 11) is 0. The molecule has 0 fully saturated rings. The molecular formula is C47H35IrN3O-2. The fourth-order valence-corrected chi connectivity index (χ4v) is 6.03. The summed E-state index contributed by atoms with van der Waals surface area (Å²) >= 11 is 0. The van der Waals surface area contributed by atoms with Crippen molar-refractivity contribution < 1.29 is 41.0 Å². The second-order valence-electron chi connectivity index (χ2n) is 11.9. The predicted octanol–water partition coefficient (Wildman–Crippen LogP) is 12.1. The Labute approximate surface area is 334 Å². The van der Waals surface area contributed by atoms with Crippen LogP contribution in [0.5, 0.6) is 0 Å². The topological polar surface area (TPSA) is 51.8 Å². The first-order valence-electron chi connectivity index (χ1n) is 22.1. The molecule has 9 aromatic rings. The maximum Gasteiger partial charge on any atom is 0.216 e. The van der Waals surface area contributed by atoms with Gasteiger partial charge < -0.3 is 14.4 Å². The van der Waals surface area contributed by atoms with Gasteiger partial charge in [0.1, 0.15) is 0 Å². The molecule has 4 aromatic heterocycles. The second kappa shape index (κ2) is 14.9. The minimum absolute atomic E-state index is 0. The van der Waals surface area contributed by atoms with Crippen LogP contribution in [-0.4, -0.2) is 15.0 Å². The normalized spacial score (nSPS) is 15.3. The SMILES string of the molecule is [2H]C([2H])([2H])c1ccc(-c2[c-]cc(C([2H])([2H])[2H])c(-c3ccccc3)c2)nc1.[2H]C([2H])([2H])c1ccc2ccc(-c3ccnc(-c4[c-]ccc5c4oc4nc(C([2H])([2H])[2H])ccc45)c3)cc2c1.[Ir]. The third kappa shape index (κ3) is 7.07. The molecule has 0 unspecified atom stereocenters. The molecule has 52 heavy (non-hydrogen) atoms. The molecule has 0 atom stereocenters. The van der Waals surface area contributed by atoms with Gasteiger partial charge in [-0.3, -0.25) is 0 Å². The molecule has 4 nitrogen and oxygen atoms in total. The van der Waals surface area contributed by atoms with Crippen molar-refractivity contribution in [3.63, 3.8) is 0 Å². The van der Waals surface area contributed by atoms with E-state index in [2.05, 4.69) is 27.1 Å². The van der Waals surface area contributed by atoms with Crippen molar-refractivity contribution in [2.75, 3.05) is 0 Å². The van der Waals surface area contributed by atoms with E-state index in [1.165, 1.54) is 24.4 Å². The Morgan fingerprint density at radius 3 is 2.33 bits per heavy atom. The fraction of sp³-hybridized carbons (Fsp3) is 0.0851. The van der Waals surface area contributed by atoms with Crippen molar-refractivity contribution in [1.82, 2.24) is 15.0 Å². The molecule has 0 aliphatic carbocycles. The van der Waals surface area contributed by atoms with E-state index in [4.69, 9.17) is 20.9 Å². The van der Waals surface area contributed by atoms with E-state index >= 15 is 0 Å². The first-order chi connectivity index (χ1) is 29.7. The number of pyridine rings is 3. The molecule has 0 aliphatic heterocycles. The largest absolute Gasteiger partial charge is 0.486 e. The van der Waals surface area contributed by atoms with E-state index in [1.54, 1.807) is 42.6 Å². The number of aryl methyl sites for hydroxylation is 4. The van der Waals surface area contributed by atoms with Crippen LogP contribution in [-0.2, 0) is 20.1 Å². The van der Waals surface area contributed by atoms with Crippen molar-refractivity contribution in [2.24, 2.45) is 0 Å². The van der Waals surface area contributed by atoms with Crippen molar-refractivity contribution in [2.45, 2.75) is 27.4 Å². The smallest absolute Gasteiger partial charge is 0.216 e. The van der Waals surface area contributed by atoms with E-state index in [1.807, 2.05) is 72.8 Å². The average Bonchev–Trinajstić information content (AvgIpc) is 3.64. The quantitative estimate of drug-likeness (QED) is 0.165. The molecule has 0 aliphatic rings. The van der Waals surface area contributed by atoms with E-state index in [0.29, 0.717) is 44.6 Å². The molecule has 5 aromatic carbocycles. The van der Waals surface area contributed by atoms with E-state index < -0.39 is 27.4 Å². The summed E-state index contributed by atoms with van der Waals surface area (Å²) in [6.45, 7) is -8.98. The van der Waals surface area contributed by atoms with Gasteiger partial charge in [0.2, 0.25) is 5.71 Å². The zero-order chi connectivity index (χ0) is 44.9. The predicted molar refractivity (Wildman–Crippen MR) is 209 cm³/mol. The number of nitrogens with zero attached hydrogens (tertiary/aromatic N) is 3. The summed E-state index contributed by atoms with van der Waals surface area (Å²) < 4.78 is 97.7. The van der Waals surface area contributed by atoms with Crippen molar-refractivity contribution in [1.29, 1.82) is 0 Å². The maximum absolute atomic E-state index is 7.77. The summed E-state index contributed by atoms with van der Waals surface area (Å²) in [6, 6.07) is 43.5. The Morgan fingerprint density at radius 2 is 1.50 bits per heavy atom. The van der Waals surface area contributed by atoms with Crippen LogP contribution >= 0.6 is 0 Å². The number of aromatic nitrogens is 3. The van der Waals surface area contributed by atoms with Crippen molar-refractivity contribution in [3.05, 3.63) is 174 Å². The average molecular weight is 862 g/mol. The number of hydrogen-bond acceptors (Lipinski definition) is 4. The third-order valence-corrected chi connectivity index (χ3v) is 8.56. The molecule has 0 bridgehead atoms. The van der Waals surface area contributed by atoms with E-state index in [9.17, 15) is 0 Å². The van der Waals surface area contributed by atoms with Gasteiger partial charge in [-0.1, -0.05) is 108 Å². The van der Waals surface area contributed by atoms with Crippen LogP contribution < -0.4 is 0 Å². The zero-order valence-corrected chi connectivity index (χ0v) is 29.8. The maximum atomic E-state index is 7.77. The number of benzene rings is 5. The molecule has 255 valence electrons. The Kier molecular flexibility index (Phi) is 6.55. The molecule has 0 amide bonds. The van der Waals surface area contributed by atoms with Crippen LogP contribution in [0.4, 0.5) is 0 Å². The monoisotopic (exact) mass is 862 g/mol. The second-order valence-corrected chi connectivity index (χ2v) is 11.9. The minimum atomic E-state index is -2.33. The number of fused-ring (bicyclic) bond motifs is 4. The molecule has 4 heterocycles. The molecular weight excluding hydrogens is 815 g/mol. The standard InChI is InChI=1S/C28H19N2O.C19H16N.Ir/c1-17-6-8-19-9-10-20(15-22(19)14-17)21-12-13-29-26(16-21)25-5-3-4-23-24-11-7-18(2)30-28(24)31-27(23)25;1-14-8-11-19(20-13-14)17-10-9-15(2)18(12-17)16-6-4-3-5-7-16;/h3-4,6-16H,1-2H3;3-9,11-13H,1-2H3;/q2*-1;/i2*1D3,2D3;. The number of furan rings is 1. The molecule has 0 spiro atoms. The van der Waals surface area contributed by atoms with Gasteiger partial charge in [0.05, 0.1) is 5.58 Å². The van der Waals surface area contributed by atoms with Gasteiger partial charge in [0.15, 0.2) is 0 Å². The number of hydrogen-bond donors (Lipinski definition) is 0. The summed E-state index contributed by atoms with van der Waals surface area (Å²) in [5.74, 6) is 0. The Bertz CT molecular complexity index is 3120. The summed E-state index contributed by atoms with van der Waals surface area (Å²) in [5.41, 5.74) is 7.02. The Balaban J connectivity index is 0.000000201. The van der Waals surface area contributed by atoms with Crippen molar-refractivity contribution >= 4 is 32.8 Å². The van der Waals surface area contributed by atoms with Crippen LogP contribution in [0, 0.1) is 39.5 Å². The zero-order valence-electron chi connectivity index (χ0n) is 39.4. The van der Waals surface area contributed by atoms with Gasteiger partial charge in [-0.25, -0.2) is 4.98 Å². The Morgan fingerprint density at radius 1 is 0.635 bits per heavy atom. The molecule has 0 saturated carbocycles. The molecule has 5 heteroatoms. The van der Waals surface area contributed by atoms with Crippen LogP contribution in [0.15, 0.2) is 144 Å². The first-order valence-corrected chi connectivity index (χ1v) is 16.1. The van der Waals surface area contributed by atoms with Gasteiger partial charge in [-0.2, -0.15) is 0 Å². The molecule has 9 rings (SSSR count). The van der Waals surface area contributed by atoms with Crippen LogP contribution in [0.2, 0.25) is 0 Å². The van der Waals surface area contributed by atoms with Gasteiger partial charge in [-0.15, -0.1) is 47.5 Å². The number of rotatable bonds is 4.